The zero-order valence-corrected chi connectivity index (χ0v) is 26.9. The van der Waals surface area contributed by atoms with Gasteiger partial charge in [0.15, 0.2) is 17.3 Å². The van der Waals surface area contributed by atoms with Gasteiger partial charge in [-0.05, 0) is 69.1 Å². The first-order valence-corrected chi connectivity index (χ1v) is 15.8. The summed E-state index contributed by atoms with van der Waals surface area (Å²) in [5.74, 6) is -1.15. The van der Waals surface area contributed by atoms with Crippen molar-refractivity contribution in [1.29, 1.82) is 5.26 Å². The maximum atomic E-state index is 15.0. The Labute approximate surface area is 278 Å². The van der Waals surface area contributed by atoms with Crippen LogP contribution in [0.2, 0.25) is 0 Å². The van der Waals surface area contributed by atoms with Crippen molar-refractivity contribution < 1.29 is 31.8 Å². The van der Waals surface area contributed by atoms with Gasteiger partial charge in [-0.3, -0.25) is 9.88 Å². The first-order valence-electron chi connectivity index (χ1n) is 15.8. The molecule has 0 aliphatic carbocycles. The lowest BCUT2D eigenvalue weighted by Gasteiger charge is -2.32. The Kier molecular flexibility index (Phi) is 8.24. The number of aromatic amines is 1. The molecule has 0 amide bonds. The molecule has 1 N–H and O–H groups in total. The second-order valence-electron chi connectivity index (χ2n) is 12.4. The summed E-state index contributed by atoms with van der Waals surface area (Å²) in [6.07, 6.45) is -1.54. The van der Waals surface area contributed by atoms with Crippen LogP contribution in [0.25, 0.3) is 22.6 Å². The lowest BCUT2D eigenvalue weighted by atomic mass is 9.88. The summed E-state index contributed by atoms with van der Waals surface area (Å²) < 4.78 is 74.3. The third-order valence-corrected chi connectivity index (χ3v) is 9.14. The van der Waals surface area contributed by atoms with E-state index in [1.54, 1.807) is 32.4 Å². The van der Waals surface area contributed by atoms with E-state index in [-0.39, 0.29) is 34.7 Å². The fourth-order valence-electron chi connectivity index (χ4n) is 6.50. The summed E-state index contributed by atoms with van der Waals surface area (Å²) in [4.78, 5) is 13.8. The molecule has 0 bridgehead atoms. The number of nitrogens with one attached hydrogen (secondary N) is 1. The molecule has 3 aromatic heterocycles. The molecule has 2 atom stereocenters. The maximum Gasteiger partial charge on any atom is 0.451 e. The van der Waals surface area contributed by atoms with Crippen molar-refractivity contribution in [1.82, 2.24) is 34.6 Å². The van der Waals surface area contributed by atoms with Crippen LogP contribution in [0.4, 0.5) is 17.6 Å². The minimum absolute atomic E-state index is 0.0956. The van der Waals surface area contributed by atoms with Crippen LogP contribution in [0.1, 0.15) is 60.9 Å². The third kappa shape index (κ3) is 6.17. The van der Waals surface area contributed by atoms with E-state index in [4.69, 9.17) is 24.5 Å². The quantitative estimate of drug-likeness (QED) is 0.188. The zero-order valence-electron chi connectivity index (χ0n) is 26.9. The van der Waals surface area contributed by atoms with Crippen LogP contribution in [0.15, 0.2) is 48.7 Å². The molecule has 1 saturated heterocycles. The SMILES string of the molecule is CO[C@@H](C)Cn1c(CN2CCC(c3cccc4c3O[C@@](C)(c3ccc(C#N)cc3F)O4)CC2)nc2cc(-c3nnc(C(F)(F)F)[nH]3)ncc21. The number of halogens is 4. The van der Waals surface area contributed by atoms with Gasteiger partial charge in [-0.15, -0.1) is 10.2 Å². The fourth-order valence-corrected chi connectivity index (χ4v) is 6.50. The van der Waals surface area contributed by atoms with Crippen LogP contribution in [0.5, 0.6) is 11.5 Å². The number of pyridine rings is 1. The van der Waals surface area contributed by atoms with Gasteiger partial charge in [0, 0.05) is 19.6 Å². The summed E-state index contributed by atoms with van der Waals surface area (Å²) in [5, 5.41) is 16.0. The summed E-state index contributed by atoms with van der Waals surface area (Å²) in [7, 11) is 1.63. The van der Waals surface area contributed by atoms with Gasteiger partial charge in [-0.25, -0.2) is 9.37 Å². The smallest absolute Gasteiger partial charge is 0.444 e. The molecule has 0 spiro atoms. The summed E-state index contributed by atoms with van der Waals surface area (Å²) in [6, 6.07) is 13.5. The number of nitriles is 1. The number of methoxy groups -OCH3 is 1. The first kappa shape index (κ1) is 32.5. The van der Waals surface area contributed by atoms with E-state index in [0.717, 1.165) is 42.8 Å². The largest absolute Gasteiger partial charge is 0.451 e. The van der Waals surface area contributed by atoms with Crippen LogP contribution in [-0.2, 0) is 29.8 Å². The van der Waals surface area contributed by atoms with Gasteiger partial charge in [-0.1, -0.05) is 12.1 Å². The molecule has 49 heavy (non-hydrogen) atoms. The van der Waals surface area contributed by atoms with Gasteiger partial charge in [0.25, 0.3) is 5.79 Å². The number of rotatable bonds is 8. The number of H-pyrrole nitrogens is 1. The number of piperidine rings is 1. The number of nitrogens with zero attached hydrogens (tertiary/aromatic N) is 7. The average molecular weight is 677 g/mol. The topological polar surface area (TPSA) is 127 Å². The number of alkyl halides is 3. The second-order valence-corrected chi connectivity index (χ2v) is 12.4. The number of ether oxygens (including phenoxy) is 3. The van der Waals surface area contributed by atoms with Crippen LogP contribution in [-0.4, -0.2) is 60.9 Å². The number of hydrogen-bond donors (Lipinski definition) is 1. The van der Waals surface area contributed by atoms with Crippen LogP contribution < -0.4 is 9.47 Å². The molecule has 2 aromatic carbocycles. The van der Waals surface area contributed by atoms with Crippen molar-refractivity contribution in [3.8, 4) is 29.1 Å². The number of hydrogen-bond acceptors (Lipinski definition) is 9. The van der Waals surface area contributed by atoms with Crippen LogP contribution in [0, 0.1) is 17.1 Å². The Morgan fingerprint density at radius 2 is 1.94 bits per heavy atom. The van der Waals surface area contributed by atoms with E-state index in [2.05, 4.69) is 25.1 Å². The highest BCUT2D eigenvalue weighted by atomic mass is 19.4. The van der Waals surface area contributed by atoms with E-state index >= 15 is 0 Å². The highest BCUT2D eigenvalue weighted by Gasteiger charge is 2.43. The molecule has 0 radical (unpaired) electrons. The minimum Gasteiger partial charge on any atom is -0.444 e. The van der Waals surface area contributed by atoms with Crippen molar-refractivity contribution in [2.45, 2.75) is 63.8 Å². The third-order valence-electron chi connectivity index (χ3n) is 9.14. The Balaban J connectivity index is 1.08. The molecule has 15 heteroatoms. The van der Waals surface area contributed by atoms with Gasteiger partial charge in [0.2, 0.25) is 5.82 Å². The van der Waals surface area contributed by atoms with Crippen molar-refractivity contribution >= 4 is 11.0 Å². The van der Waals surface area contributed by atoms with E-state index in [1.807, 2.05) is 35.8 Å². The van der Waals surface area contributed by atoms with E-state index in [1.165, 1.54) is 12.1 Å². The van der Waals surface area contributed by atoms with Crippen LogP contribution >= 0.6 is 0 Å². The summed E-state index contributed by atoms with van der Waals surface area (Å²) >= 11 is 0. The molecule has 0 unspecified atom stereocenters. The molecule has 11 nitrogen and oxygen atoms in total. The minimum atomic E-state index is -4.65. The molecule has 0 saturated carbocycles. The molecular weight excluding hydrogens is 644 g/mol. The summed E-state index contributed by atoms with van der Waals surface area (Å²) in [5.41, 5.74) is 2.92. The first-order chi connectivity index (χ1) is 23.5. The number of para-hydroxylation sites is 1. The van der Waals surface area contributed by atoms with Crippen LogP contribution in [0.3, 0.4) is 0 Å². The molecule has 2 aliphatic heterocycles. The monoisotopic (exact) mass is 676 g/mol. The zero-order chi connectivity index (χ0) is 34.5. The van der Waals surface area contributed by atoms with Crippen molar-refractivity contribution in [2.75, 3.05) is 20.2 Å². The molecule has 5 aromatic rings. The van der Waals surface area contributed by atoms with Gasteiger partial charge in [0.1, 0.15) is 17.3 Å². The van der Waals surface area contributed by atoms with Crippen molar-refractivity contribution in [3.05, 3.63) is 82.8 Å². The van der Waals surface area contributed by atoms with Crippen molar-refractivity contribution in [2.24, 2.45) is 0 Å². The number of likely N-dealkylation sites (tertiary alicyclic amines) is 1. The van der Waals surface area contributed by atoms with Gasteiger partial charge in [0.05, 0.1) is 53.6 Å². The molecule has 5 heterocycles. The van der Waals surface area contributed by atoms with E-state index in [9.17, 15) is 17.6 Å². The number of aromatic nitrogens is 6. The number of imidazole rings is 1. The summed E-state index contributed by atoms with van der Waals surface area (Å²) in [6.45, 7) is 6.19. The Bertz CT molecular complexity index is 2060. The highest BCUT2D eigenvalue weighted by Crippen LogP contribution is 2.49. The normalized spacial score (nSPS) is 19.0. The molecule has 7 rings (SSSR count). The lowest BCUT2D eigenvalue weighted by molar-refractivity contribution is -0.144. The molecule has 254 valence electrons. The Morgan fingerprint density at radius 1 is 1.14 bits per heavy atom. The lowest BCUT2D eigenvalue weighted by Crippen LogP contribution is -2.34. The van der Waals surface area contributed by atoms with Gasteiger partial charge in [-0.2, -0.15) is 18.4 Å². The second kappa shape index (κ2) is 12.4. The molecular formula is C34H32F4N8O3. The van der Waals surface area contributed by atoms with Gasteiger partial charge < -0.3 is 23.8 Å². The van der Waals surface area contributed by atoms with Crippen molar-refractivity contribution in [3.63, 3.8) is 0 Å². The number of fused-ring (bicyclic) bond motifs is 2. The Hall–Kier alpha value is -5.07. The molecule has 1 fully saturated rings. The van der Waals surface area contributed by atoms with E-state index in [0.29, 0.717) is 30.1 Å². The maximum absolute atomic E-state index is 15.0. The molecule has 2 aliphatic rings. The predicted molar refractivity (Wildman–Crippen MR) is 168 cm³/mol. The number of benzene rings is 2. The van der Waals surface area contributed by atoms with E-state index < -0.39 is 23.6 Å². The average Bonchev–Trinajstić information content (AvgIpc) is 3.80. The fraction of sp³-hybridized carbons (Fsp3) is 0.382. The Morgan fingerprint density at radius 3 is 2.63 bits per heavy atom. The van der Waals surface area contributed by atoms with Gasteiger partial charge >= 0.3 is 6.18 Å². The predicted octanol–water partition coefficient (Wildman–Crippen LogP) is 6.30. The highest BCUT2D eigenvalue weighted by molar-refractivity contribution is 5.78. The standard InChI is InChI=1S/C34H32F4N8O3/c1-19(47-3)17-46-27-16-40-26(31-42-32(44-43-31)34(36,37)38)14-25(27)41-29(46)18-45-11-9-21(10-12-45)22-5-4-6-28-30(22)49-33(2,48-28)23-8-7-20(15-39)13-24(23)35/h4-8,13-14,16,19,21H,9-12,17-18H2,1-3H3,(H,42,43,44)/t19-,33-/m0/s1.